The van der Waals surface area contributed by atoms with Crippen molar-refractivity contribution in [2.75, 3.05) is 24.5 Å². The fourth-order valence-corrected chi connectivity index (χ4v) is 4.25. The molecule has 35 heavy (non-hydrogen) atoms. The average molecular weight is 487 g/mol. The molecule has 0 radical (unpaired) electrons. The molecular formula is C27H38N2O6. The number of benzene rings is 2. The van der Waals surface area contributed by atoms with Crippen LogP contribution in [0.1, 0.15) is 63.1 Å². The third-order valence-corrected chi connectivity index (χ3v) is 6.03. The lowest BCUT2D eigenvalue weighted by Gasteiger charge is -2.40. The average Bonchev–Trinajstić information content (AvgIpc) is 2.86. The van der Waals surface area contributed by atoms with Gasteiger partial charge in [-0.05, 0) is 42.6 Å². The van der Waals surface area contributed by atoms with Crippen LogP contribution in [0.5, 0.6) is 0 Å². The topological polar surface area (TPSA) is 130 Å². The molecule has 3 rings (SSSR count). The van der Waals surface area contributed by atoms with Crippen molar-refractivity contribution in [3.8, 4) is 0 Å². The Bertz CT molecular complexity index is 922. The maximum Gasteiger partial charge on any atom is 0.414 e. The Kier molecular flexibility index (Phi) is 13.3. The summed E-state index contributed by atoms with van der Waals surface area (Å²) >= 11 is 0. The van der Waals surface area contributed by atoms with Crippen molar-refractivity contribution in [3.05, 3.63) is 65.7 Å². The lowest BCUT2D eigenvalue weighted by molar-refractivity contribution is -0.159. The number of para-hydroxylation sites is 1. The van der Waals surface area contributed by atoms with E-state index >= 15 is 0 Å². The molecule has 0 spiro atoms. The van der Waals surface area contributed by atoms with Crippen LogP contribution in [0.25, 0.3) is 0 Å². The molecule has 1 heterocycles. The number of aliphatic carboxylic acids is 2. The first-order valence-corrected chi connectivity index (χ1v) is 12.0. The van der Waals surface area contributed by atoms with Gasteiger partial charge >= 0.3 is 11.9 Å². The van der Waals surface area contributed by atoms with E-state index in [0.717, 1.165) is 31.7 Å². The quantitative estimate of drug-likeness (QED) is 0.408. The number of unbranched alkanes of at least 4 members (excludes halogenated alkanes) is 3. The van der Waals surface area contributed by atoms with E-state index in [4.69, 9.17) is 19.8 Å². The van der Waals surface area contributed by atoms with Crippen LogP contribution in [-0.2, 0) is 20.8 Å². The van der Waals surface area contributed by atoms with Gasteiger partial charge < -0.3 is 20.6 Å². The summed E-state index contributed by atoms with van der Waals surface area (Å²) < 4.78 is 0. The smallest absolute Gasteiger partial charge is 0.414 e. The summed E-state index contributed by atoms with van der Waals surface area (Å²) in [7, 11) is 0. The molecule has 192 valence electrons. The largest absolute Gasteiger partial charge is 0.473 e. The summed E-state index contributed by atoms with van der Waals surface area (Å²) in [6.45, 7) is 7.13. The van der Waals surface area contributed by atoms with Crippen LogP contribution in [0.3, 0.4) is 0 Å². The molecule has 0 fully saturated rings. The summed E-state index contributed by atoms with van der Waals surface area (Å²) in [5, 5.41) is 14.8. The number of carbonyl (C=O) groups is 3. The minimum atomic E-state index is -1.82. The first-order chi connectivity index (χ1) is 16.4. The number of fused-ring (bicyclic) bond motifs is 1. The number of hydrogen-bond acceptors (Lipinski definition) is 4. The van der Waals surface area contributed by atoms with E-state index in [9.17, 15) is 4.79 Å². The SMILES string of the molecule is CCCCCCN1CCc2ccccc2C1CN(C(=O)CC)c1ccccc1.O.O=C(O)C(=O)O. The fourth-order valence-electron chi connectivity index (χ4n) is 4.25. The highest BCUT2D eigenvalue weighted by Crippen LogP contribution is 2.32. The minimum Gasteiger partial charge on any atom is -0.473 e. The Morgan fingerprint density at radius 1 is 0.914 bits per heavy atom. The standard InChI is InChI=1S/C25H34N2O.C2H2O4.H2O/c1-3-5-6-12-18-26-19-17-21-13-10-11-16-23(21)24(26)20-27(25(28)4-2)22-14-8-7-9-15-22;3-1(4)2(5)6;/h7-11,13-16,24H,3-6,12,17-20H2,1-2H3;(H,3,4)(H,5,6);1H2. The Labute approximate surface area is 207 Å². The number of carbonyl (C=O) groups excluding carboxylic acids is 1. The van der Waals surface area contributed by atoms with Crippen molar-refractivity contribution in [1.29, 1.82) is 0 Å². The molecule has 2 aromatic rings. The highest BCUT2D eigenvalue weighted by molar-refractivity contribution is 6.27. The van der Waals surface area contributed by atoms with Gasteiger partial charge in [0.25, 0.3) is 0 Å². The second-order valence-corrected chi connectivity index (χ2v) is 8.36. The number of rotatable bonds is 9. The molecule has 0 saturated carbocycles. The molecule has 0 aromatic heterocycles. The number of carboxylic acids is 2. The minimum absolute atomic E-state index is 0. The van der Waals surface area contributed by atoms with Gasteiger partial charge in [-0.3, -0.25) is 9.69 Å². The van der Waals surface area contributed by atoms with Crippen LogP contribution in [0.2, 0.25) is 0 Å². The van der Waals surface area contributed by atoms with Gasteiger partial charge in [0.2, 0.25) is 5.91 Å². The summed E-state index contributed by atoms with van der Waals surface area (Å²) in [6, 6.07) is 19.2. The van der Waals surface area contributed by atoms with Crippen LogP contribution in [-0.4, -0.2) is 58.1 Å². The van der Waals surface area contributed by atoms with Gasteiger partial charge in [-0.1, -0.05) is 75.6 Å². The lowest BCUT2D eigenvalue weighted by Crippen LogP contribution is -2.44. The van der Waals surface area contributed by atoms with Gasteiger partial charge in [-0.25, -0.2) is 9.59 Å². The molecule has 1 unspecified atom stereocenters. The number of carboxylic acid groups (broad SMARTS) is 2. The monoisotopic (exact) mass is 486 g/mol. The molecule has 0 saturated heterocycles. The second-order valence-electron chi connectivity index (χ2n) is 8.36. The van der Waals surface area contributed by atoms with Crippen molar-refractivity contribution in [2.24, 2.45) is 0 Å². The molecule has 0 aliphatic carbocycles. The highest BCUT2D eigenvalue weighted by Gasteiger charge is 2.30. The van der Waals surface area contributed by atoms with Crippen LogP contribution in [0.15, 0.2) is 54.6 Å². The first kappa shape index (κ1) is 29.8. The van der Waals surface area contributed by atoms with Gasteiger partial charge in [-0.2, -0.15) is 0 Å². The van der Waals surface area contributed by atoms with Gasteiger partial charge in [0.15, 0.2) is 0 Å². The van der Waals surface area contributed by atoms with Gasteiger partial charge in [0.1, 0.15) is 0 Å². The van der Waals surface area contributed by atoms with Crippen LogP contribution < -0.4 is 4.90 Å². The van der Waals surface area contributed by atoms with Crippen molar-refractivity contribution >= 4 is 23.5 Å². The number of anilines is 1. The summed E-state index contributed by atoms with van der Waals surface area (Å²) in [5.41, 5.74) is 3.84. The highest BCUT2D eigenvalue weighted by atomic mass is 16.4. The Hall–Kier alpha value is -3.23. The lowest BCUT2D eigenvalue weighted by atomic mass is 9.91. The molecule has 2 aromatic carbocycles. The van der Waals surface area contributed by atoms with Crippen LogP contribution >= 0.6 is 0 Å². The molecule has 4 N–H and O–H groups in total. The zero-order chi connectivity index (χ0) is 24.9. The fraction of sp³-hybridized carbons (Fsp3) is 0.444. The molecular weight excluding hydrogens is 448 g/mol. The molecule has 1 amide bonds. The maximum absolute atomic E-state index is 12.8. The number of hydrogen-bond donors (Lipinski definition) is 2. The van der Waals surface area contributed by atoms with E-state index < -0.39 is 11.9 Å². The second kappa shape index (κ2) is 15.6. The van der Waals surface area contributed by atoms with Crippen molar-refractivity contribution in [3.63, 3.8) is 0 Å². The summed E-state index contributed by atoms with van der Waals surface area (Å²) in [5.74, 6) is -3.45. The Morgan fingerprint density at radius 3 is 2.14 bits per heavy atom. The Balaban J connectivity index is 0.000000780. The van der Waals surface area contributed by atoms with E-state index in [1.807, 2.05) is 42.2 Å². The summed E-state index contributed by atoms with van der Waals surface area (Å²) in [6.07, 6.45) is 6.73. The van der Waals surface area contributed by atoms with E-state index in [2.05, 4.69) is 36.1 Å². The van der Waals surface area contributed by atoms with Gasteiger partial charge in [0, 0.05) is 25.2 Å². The zero-order valence-electron chi connectivity index (χ0n) is 20.7. The van der Waals surface area contributed by atoms with E-state index in [0.29, 0.717) is 6.42 Å². The van der Waals surface area contributed by atoms with Gasteiger partial charge in [-0.15, -0.1) is 0 Å². The Morgan fingerprint density at radius 2 is 1.54 bits per heavy atom. The predicted molar refractivity (Wildman–Crippen MR) is 137 cm³/mol. The third kappa shape index (κ3) is 9.15. The maximum atomic E-state index is 12.8. The van der Waals surface area contributed by atoms with E-state index in [-0.39, 0.29) is 17.4 Å². The first-order valence-electron chi connectivity index (χ1n) is 12.0. The van der Waals surface area contributed by atoms with Crippen molar-refractivity contribution < 1.29 is 30.1 Å². The van der Waals surface area contributed by atoms with Crippen LogP contribution in [0, 0.1) is 0 Å². The summed E-state index contributed by atoms with van der Waals surface area (Å²) in [4.78, 5) is 35.6. The van der Waals surface area contributed by atoms with Crippen molar-refractivity contribution in [2.45, 2.75) is 58.4 Å². The van der Waals surface area contributed by atoms with Gasteiger partial charge in [0.05, 0.1) is 6.04 Å². The molecule has 8 nitrogen and oxygen atoms in total. The van der Waals surface area contributed by atoms with E-state index in [1.54, 1.807) is 0 Å². The normalized spacial score (nSPS) is 14.5. The molecule has 8 heteroatoms. The number of nitrogens with zero attached hydrogens (tertiary/aromatic N) is 2. The van der Waals surface area contributed by atoms with Crippen LogP contribution in [0.4, 0.5) is 5.69 Å². The number of amides is 1. The molecule has 0 bridgehead atoms. The molecule has 1 aliphatic heterocycles. The molecule has 1 aliphatic rings. The zero-order valence-corrected chi connectivity index (χ0v) is 20.7. The van der Waals surface area contributed by atoms with E-state index in [1.165, 1.54) is 36.8 Å². The third-order valence-electron chi connectivity index (χ3n) is 6.03. The predicted octanol–water partition coefficient (Wildman–Crippen LogP) is 3.94. The molecule has 1 atom stereocenters. The van der Waals surface area contributed by atoms with Crippen molar-refractivity contribution in [1.82, 2.24) is 4.90 Å².